The summed E-state index contributed by atoms with van der Waals surface area (Å²) in [4.78, 5) is 11.1. The number of aryl methyl sites for hydroxylation is 2. The molecule has 2 rings (SSSR count). The molecule has 0 spiro atoms. The van der Waals surface area contributed by atoms with Crippen molar-refractivity contribution in [2.24, 2.45) is 0 Å². The van der Waals surface area contributed by atoms with E-state index in [0.29, 0.717) is 0 Å². The molecule has 0 bridgehead atoms. The average Bonchev–Trinajstić information content (AvgIpc) is 2.35. The smallest absolute Gasteiger partial charge is 0.179 e. The summed E-state index contributed by atoms with van der Waals surface area (Å²) in [5, 5.41) is 0. The van der Waals surface area contributed by atoms with E-state index in [9.17, 15) is 4.79 Å². The fourth-order valence-electron chi connectivity index (χ4n) is 2.01. The van der Waals surface area contributed by atoms with Gasteiger partial charge in [-0.15, -0.1) is 0 Å². The second-order valence-electron chi connectivity index (χ2n) is 4.12. The van der Waals surface area contributed by atoms with Crippen molar-refractivity contribution in [2.75, 3.05) is 12.4 Å². The minimum absolute atomic E-state index is 0.0149. The van der Waals surface area contributed by atoms with Crippen LogP contribution in [-0.2, 0) is 17.6 Å². The van der Waals surface area contributed by atoms with E-state index in [2.05, 4.69) is 24.8 Å². The van der Waals surface area contributed by atoms with Crippen LogP contribution in [-0.4, -0.2) is 18.1 Å². The molecule has 0 amide bonds. The molecular weight excluding hydrogens is 220 g/mol. The number of rotatable bonds is 4. The Morgan fingerprint density at radius 1 is 1.25 bits per heavy atom. The van der Waals surface area contributed by atoms with E-state index in [4.69, 9.17) is 4.74 Å². The van der Waals surface area contributed by atoms with E-state index in [1.807, 2.05) is 6.07 Å². The van der Waals surface area contributed by atoms with Gasteiger partial charge in [0.15, 0.2) is 5.78 Å². The molecule has 0 atom stereocenters. The Morgan fingerprint density at radius 2 is 2.00 bits per heavy atom. The molecule has 16 heavy (non-hydrogen) atoms. The molecule has 0 heterocycles. The van der Waals surface area contributed by atoms with Crippen LogP contribution in [0.3, 0.4) is 0 Å². The molecule has 3 heteroatoms. The highest BCUT2D eigenvalue weighted by Gasteiger charge is 2.10. The van der Waals surface area contributed by atoms with Crippen molar-refractivity contribution in [3.05, 3.63) is 29.3 Å². The number of ketones is 1. The number of benzene rings is 1. The number of hydrogen-bond acceptors (Lipinski definition) is 3. The fraction of sp³-hybridized carbons (Fsp3) is 0.462. The van der Waals surface area contributed by atoms with Crippen LogP contribution in [0.15, 0.2) is 18.2 Å². The Balaban J connectivity index is 2.03. The van der Waals surface area contributed by atoms with Gasteiger partial charge in [-0.3, -0.25) is 4.79 Å². The zero-order chi connectivity index (χ0) is 11.4. The second-order valence-corrected chi connectivity index (χ2v) is 4.44. The molecule has 0 aromatic heterocycles. The summed E-state index contributed by atoms with van der Waals surface area (Å²) in [5.74, 6) is 1.06. The minimum Gasteiger partial charge on any atom is -0.486 e. The quantitative estimate of drug-likeness (QED) is 0.813. The van der Waals surface area contributed by atoms with Crippen molar-refractivity contribution in [3.63, 3.8) is 0 Å². The maximum atomic E-state index is 11.1. The van der Waals surface area contributed by atoms with Crippen molar-refractivity contribution in [3.8, 4) is 5.75 Å². The molecule has 1 aromatic carbocycles. The topological polar surface area (TPSA) is 26.3 Å². The Hall–Kier alpha value is -0.960. The molecule has 0 fully saturated rings. The number of thiol groups is 1. The number of carbonyl (C=O) groups excluding carboxylic acids is 1. The first-order chi connectivity index (χ1) is 7.79. The lowest BCUT2D eigenvalue weighted by molar-refractivity contribution is -0.118. The number of hydrogen-bond donors (Lipinski definition) is 1. The van der Waals surface area contributed by atoms with Gasteiger partial charge in [0.25, 0.3) is 0 Å². The van der Waals surface area contributed by atoms with Crippen molar-refractivity contribution < 1.29 is 9.53 Å². The van der Waals surface area contributed by atoms with Crippen LogP contribution in [0.2, 0.25) is 0 Å². The van der Waals surface area contributed by atoms with E-state index in [1.165, 1.54) is 30.4 Å². The highest BCUT2D eigenvalue weighted by molar-refractivity contribution is 7.81. The molecule has 2 nitrogen and oxygen atoms in total. The molecular formula is C13H16O2S. The molecule has 0 unspecified atom stereocenters. The first-order valence-electron chi connectivity index (χ1n) is 5.67. The van der Waals surface area contributed by atoms with Crippen LogP contribution in [0.25, 0.3) is 0 Å². The SMILES string of the molecule is O=C(CS)COc1ccc2c(c1)CCCC2. The summed E-state index contributed by atoms with van der Waals surface area (Å²) < 4.78 is 5.43. The maximum Gasteiger partial charge on any atom is 0.179 e. The Labute approximate surface area is 101 Å². The van der Waals surface area contributed by atoms with Gasteiger partial charge in [0.1, 0.15) is 12.4 Å². The average molecular weight is 236 g/mol. The standard InChI is InChI=1S/C13H16O2S/c14-12(9-16)8-15-13-6-5-10-3-1-2-4-11(10)7-13/h5-7,16H,1-4,8-9H2. The molecule has 0 aliphatic heterocycles. The van der Waals surface area contributed by atoms with Crippen LogP contribution in [0.4, 0.5) is 0 Å². The highest BCUT2D eigenvalue weighted by Crippen LogP contribution is 2.25. The van der Waals surface area contributed by atoms with E-state index < -0.39 is 0 Å². The van der Waals surface area contributed by atoms with Gasteiger partial charge in [0.05, 0.1) is 5.75 Å². The lowest BCUT2D eigenvalue weighted by atomic mass is 9.92. The molecule has 0 N–H and O–H groups in total. The first-order valence-corrected chi connectivity index (χ1v) is 6.30. The summed E-state index contributed by atoms with van der Waals surface area (Å²) in [6.07, 6.45) is 4.84. The van der Waals surface area contributed by atoms with Gasteiger partial charge in [0.2, 0.25) is 0 Å². The molecule has 86 valence electrons. The Kier molecular flexibility index (Phi) is 3.88. The van der Waals surface area contributed by atoms with Crippen molar-refractivity contribution in [2.45, 2.75) is 25.7 Å². The van der Waals surface area contributed by atoms with E-state index in [1.54, 1.807) is 0 Å². The highest BCUT2D eigenvalue weighted by atomic mass is 32.1. The van der Waals surface area contributed by atoms with E-state index in [-0.39, 0.29) is 18.1 Å². The summed E-state index contributed by atoms with van der Waals surface area (Å²) in [6.45, 7) is 0.127. The molecule has 1 aromatic rings. The van der Waals surface area contributed by atoms with Gasteiger partial charge in [0, 0.05) is 0 Å². The van der Waals surface area contributed by atoms with Gasteiger partial charge >= 0.3 is 0 Å². The van der Waals surface area contributed by atoms with Crippen molar-refractivity contribution >= 4 is 18.4 Å². The van der Waals surface area contributed by atoms with Gasteiger partial charge < -0.3 is 4.74 Å². The number of Topliss-reactive ketones (excluding diaryl/α,β-unsaturated/α-hetero) is 1. The zero-order valence-corrected chi connectivity index (χ0v) is 10.1. The summed E-state index contributed by atoms with van der Waals surface area (Å²) in [6, 6.07) is 6.14. The molecule has 0 saturated heterocycles. The third-order valence-corrected chi connectivity index (χ3v) is 3.25. The zero-order valence-electron chi connectivity index (χ0n) is 9.24. The largest absolute Gasteiger partial charge is 0.486 e. The molecule has 1 aliphatic rings. The summed E-state index contributed by atoms with van der Waals surface area (Å²) in [5.41, 5.74) is 2.81. The van der Waals surface area contributed by atoms with Crippen LogP contribution in [0, 0.1) is 0 Å². The van der Waals surface area contributed by atoms with Crippen molar-refractivity contribution in [1.29, 1.82) is 0 Å². The lowest BCUT2D eigenvalue weighted by Crippen LogP contribution is -2.12. The summed E-state index contributed by atoms with van der Waals surface area (Å²) >= 11 is 3.91. The van der Waals surface area contributed by atoms with Gasteiger partial charge in [-0.2, -0.15) is 12.6 Å². The monoisotopic (exact) mass is 236 g/mol. The van der Waals surface area contributed by atoms with E-state index in [0.717, 1.165) is 12.2 Å². The predicted molar refractivity (Wildman–Crippen MR) is 67.4 cm³/mol. The molecule has 1 aliphatic carbocycles. The lowest BCUT2D eigenvalue weighted by Gasteiger charge is -2.16. The van der Waals surface area contributed by atoms with Crippen molar-refractivity contribution in [1.82, 2.24) is 0 Å². The minimum atomic E-state index is 0.0149. The van der Waals surface area contributed by atoms with Gasteiger partial charge in [-0.25, -0.2) is 0 Å². The Morgan fingerprint density at radius 3 is 2.75 bits per heavy atom. The second kappa shape index (κ2) is 5.39. The molecule has 0 saturated carbocycles. The van der Waals surface area contributed by atoms with E-state index >= 15 is 0 Å². The summed E-state index contributed by atoms with van der Waals surface area (Å²) in [7, 11) is 0. The number of ether oxygens (including phenoxy) is 1. The van der Waals surface area contributed by atoms with Crippen LogP contribution >= 0.6 is 12.6 Å². The number of carbonyl (C=O) groups is 1. The first kappa shape index (κ1) is 11.5. The fourth-order valence-corrected chi connectivity index (χ4v) is 2.10. The third kappa shape index (κ3) is 2.79. The van der Waals surface area contributed by atoms with Crippen LogP contribution in [0.1, 0.15) is 24.0 Å². The number of fused-ring (bicyclic) bond motifs is 1. The van der Waals surface area contributed by atoms with Gasteiger partial charge in [-0.05, 0) is 48.9 Å². The van der Waals surface area contributed by atoms with Crippen LogP contribution in [0.5, 0.6) is 5.75 Å². The maximum absolute atomic E-state index is 11.1. The Bertz CT molecular complexity index is 388. The van der Waals surface area contributed by atoms with Gasteiger partial charge in [-0.1, -0.05) is 6.07 Å². The molecule has 0 radical (unpaired) electrons. The third-order valence-electron chi connectivity index (χ3n) is 2.90. The van der Waals surface area contributed by atoms with Crippen LogP contribution < -0.4 is 4.74 Å². The normalized spacial score (nSPS) is 14.3. The predicted octanol–water partition coefficient (Wildman–Crippen LogP) is 2.44.